The maximum atomic E-state index is 5.69. The number of hydrogen-bond donors (Lipinski definition) is 1. The first-order valence-corrected chi connectivity index (χ1v) is 7.60. The highest BCUT2D eigenvalue weighted by Crippen LogP contribution is 2.25. The minimum atomic E-state index is 0.447. The Bertz CT molecular complexity index is 312. The van der Waals surface area contributed by atoms with E-state index in [0.29, 0.717) is 18.1 Å². The number of hydrogen-bond acceptors (Lipinski definition) is 3. The van der Waals surface area contributed by atoms with Crippen molar-refractivity contribution in [2.45, 2.75) is 45.3 Å². The van der Waals surface area contributed by atoms with Crippen molar-refractivity contribution in [1.82, 2.24) is 5.32 Å². The van der Waals surface area contributed by atoms with Crippen LogP contribution >= 0.6 is 11.3 Å². The standard InChI is InChI=1S/C14H23NOS/c1-3-15-14(13-8-11(2)16-9-13)5-4-12-6-7-17-10-12/h6-7,10-11,13-15H,3-5,8-9H2,1-2H3. The molecule has 3 heteroatoms. The lowest BCUT2D eigenvalue weighted by atomic mass is 9.92. The zero-order valence-electron chi connectivity index (χ0n) is 10.8. The van der Waals surface area contributed by atoms with Gasteiger partial charge in [-0.05, 0) is 55.1 Å². The molecule has 0 spiro atoms. The molecule has 1 aliphatic rings. The predicted octanol–water partition coefficient (Wildman–Crippen LogP) is 3.08. The maximum Gasteiger partial charge on any atom is 0.0551 e. The molecule has 2 heterocycles. The Balaban J connectivity index is 1.84. The molecule has 1 saturated heterocycles. The first kappa shape index (κ1) is 13.1. The third kappa shape index (κ3) is 3.80. The third-order valence-electron chi connectivity index (χ3n) is 3.59. The van der Waals surface area contributed by atoms with E-state index >= 15 is 0 Å². The van der Waals surface area contributed by atoms with Crippen LogP contribution in [0.15, 0.2) is 16.8 Å². The highest BCUT2D eigenvalue weighted by atomic mass is 32.1. The molecule has 96 valence electrons. The number of rotatable bonds is 6. The summed E-state index contributed by atoms with van der Waals surface area (Å²) < 4.78 is 5.69. The fourth-order valence-corrected chi connectivity index (χ4v) is 3.36. The van der Waals surface area contributed by atoms with Gasteiger partial charge in [0, 0.05) is 12.0 Å². The van der Waals surface area contributed by atoms with E-state index in [-0.39, 0.29) is 0 Å². The van der Waals surface area contributed by atoms with Crippen LogP contribution in [0.25, 0.3) is 0 Å². The molecule has 17 heavy (non-hydrogen) atoms. The quantitative estimate of drug-likeness (QED) is 0.841. The van der Waals surface area contributed by atoms with E-state index in [4.69, 9.17) is 4.74 Å². The molecule has 3 atom stereocenters. The lowest BCUT2D eigenvalue weighted by Gasteiger charge is -2.23. The van der Waals surface area contributed by atoms with Gasteiger partial charge in [-0.2, -0.15) is 11.3 Å². The van der Waals surface area contributed by atoms with Crippen LogP contribution in [0.4, 0.5) is 0 Å². The van der Waals surface area contributed by atoms with Crippen LogP contribution in [0.3, 0.4) is 0 Å². The lowest BCUT2D eigenvalue weighted by molar-refractivity contribution is 0.116. The molecule has 0 bridgehead atoms. The predicted molar refractivity (Wildman–Crippen MR) is 73.6 cm³/mol. The fraction of sp³-hybridized carbons (Fsp3) is 0.714. The molecule has 2 rings (SSSR count). The SMILES string of the molecule is CCNC(CCc1ccsc1)C1COC(C)C1. The van der Waals surface area contributed by atoms with Crippen LogP contribution in [-0.2, 0) is 11.2 Å². The molecule has 2 nitrogen and oxygen atoms in total. The van der Waals surface area contributed by atoms with Crippen molar-refractivity contribution in [3.05, 3.63) is 22.4 Å². The van der Waals surface area contributed by atoms with Crippen LogP contribution in [0, 0.1) is 5.92 Å². The highest BCUT2D eigenvalue weighted by molar-refractivity contribution is 7.07. The maximum absolute atomic E-state index is 5.69. The van der Waals surface area contributed by atoms with Gasteiger partial charge in [0.25, 0.3) is 0 Å². The van der Waals surface area contributed by atoms with Gasteiger partial charge in [0.1, 0.15) is 0 Å². The summed E-state index contributed by atoms with van der Waals surface area (Å²) in [6, 6.07) is 2.85. The van der Waals surface area contributed by atoms with Crippen LogP contribution in [0.5, 0.6) is 0 Å². The fourth-order valence-electron chi connectivity index (χ4n) is 2.65. The molecule has 0 saturated carbocycles. The van der Waals surface area contributed by atoms with Crippen LogP contribution in [0.2, 0.25) is 0 Å². The molecule has 1 aromatic rings. The van der Waals surface area contributed by atoms with E-state index in [1.165, 1.54) is 24.8 Å². The summed E-state index contributed by atoms with van der Waals surface area (Å²) in [7, 11) is 0. The number of nitrogens with one attached hydrogen (secondary N) is 1. The summed E-state index contributed by atoms with van der Waals surface area (Å²) in [4.78, 5) is 0. The molecular formula is C14H23NOS. The lowest BCUT2D eigenvalue weighted by Crippen LogP contribution is -2.37. The Hall–Kier alpha value is -0.380. The van der Waals surface area contributed by atoms with Gasteiger partial charge in [-0.15, -0.1) is 0 Å². The van der Waals surface area contributed by atoms with E-state index in [2.05, 4.69) is 36.0 Å². The van der Waals surface area contributed by atoms with Crippen molar-refractivity contribution >= 4 is 11.3 Å². The summed E-state index contributed by atoms with van der Waals surface area (Å²) in [6.45, 7) is 6.36. The summed E-state index contributed by atoms with van der Waals surface area (Å²) >= 11 is 1.79. The molecule has 0 radical (unpaired) electrons. The van der Waals surface area contributed by atoms with Crippen molar-refractivity contribution in [3.63, 3.8) is 0 Å². The van der Waals surface area contributed by atoms with Gasteiger partial charge in [0.15, 0.2) is 0 Å². The summed E-state index contributed by atoms with van der Waals surface area (Å²) in [6.07, 6.45) is 4.07. The summed E-state index contributed by atoms with van der Waals surface area (Å²) in [5, 5.41) is 8.06. The second-order valence-electron chi connectivity index (χ2n) is 4.97. The molecule has 0 aromatic carbocycles. The Morgan fingerprint density at radius 1 is 1.59 bits per heavy atom. The van der Waals surface area contributed by atoms with E-state index in [0.717, 1.165) is 13.2 Å². The van der Waals surface area contributed by atoms with E-state index in [1.807, 2.05) is 0 Å². The zero-order valence-corrected chi connectivity index (χ0v) is 11.6. The number of aryl methyl sites for hydroxylation is 1. The first-order valence-electron chi connectivity index (χ1n) is 6.65. The monoisotopic (exact) mass is 253 g/mol. The van der Waals surface area contributed by atoms with Crippen molar-refractivity contribution in [3.8, 4) is 0 Å². The van der Waals surface area contributed by atoms with Gasteiger partial charge >= 0.3 is 0 Å². The molecule has 3 unspecified atom stereocenters. The average molecular weight is 253 g/mol. The van der Waals surface area contributed by atoms with Crippen LogP contribution < -0.4 is 5.32 Å². The molecule has 0 amide bonds. The van der Waals surface area contributed by atoms with Gasteiger partial charge in [-0.25, -0.2) is 0 Å². The van der Waals surface area contributed by atoms with Crippen molar-refractivity contribution in [2.24, 2.45) is 5.92 Å². The average Bonchev–Trinajstić information content (AvgIpc) is 2.95. The Morgan fingerprint density at radius 2 is 2.47 bits per heavy atom. The second-order valence-corrected chi connectivity index (χ2v) is 5.75. The first-order chi connectivity index (χ1) is 8.29. The van der Waals surface area contributed by atoms with Gasteiger partial charge < -0.3 is 10.1 Å². The summed E-state index contributed by atoms with van der Waals surface area (Å²) in [5.74, 6) is 0.698. The van der Waals surface area contributed by atoms with E-state index < -0.39 is 0 Å². The highest BCUT2D eigenvalue weighted by Gasteiger charge is 2.28. The topological polar surface area (TPSA) is 21.3 Å². The summed E-state index contributed by atoms with van der Waals surface area (Å²) in [5.41, 5.74) is 1.48. The molecule has 1 aliphatic heterocycles. The van der Waals surface area contributed by atoms with Gasteiger partial charge in [-0.1, -0.05) is 6.92 Å². The van der Waals surface area contributed by atoms with Crippen molar-refractivity contribution < 1.29 is 4.74 Å². The Kier molecular flexibility index (Phi) is 5.01. The van der Waals surface area contributed by atoms with Crippen molar-refractivity contribution in [2.75, 3.05) is 13.2 Å². The van der Waals surface area contributed by atoms with Crippen LogP contribution in [-0.4, -0.2) is 25.3 Å². The smallest absolute Gasteiger partial charge is 0.0551 e. The zero-order chi connectivity index (χ0) is 12.1. The second kappa shape index (κ2) is 6.53. The number of thiophene rings is 1. The molecule has 1 N–H and O–H groups in total. The van der Waals surface area contributed by atoms with E-state index in [1.54, 1.807) is 11.3 Å². The minimum absolute atomic E-state index is 0.447. The van der Waals surface area contributed by atoms with Crippen LogP contribution in [0.1, 0.15) is 32.3 Å². The van der Waals surface area contributed by atoms with Crippen molar-refractivity contribution in [1.29, 1.82) is 0 Å². The van der Waals surface area contributed by atoms with E-state index in [9.17, 15) is 0 Å². The third-order valence-corrected chi connectivity index (χ3v) is 4.32. The molecule has 1 fully saturated rings. The number of ether oxygens (including phenoxy) is 1. The van der Waals surface area contributed by atoms with Gasteiger partial charge in [0.05, 0.1) is 12.7 Å². The minimum Gasteiger partial charge on any atom is -0.378 e. The van der Waals surface area contributed by atoms with Gasteiger partial charge in [0.2, 0.25) is 0 Å². The molecular weight excluding hydrogens is 230 g/mol. The normalized spacial score (nSPS) is 26.2. The molecule has 0 aliphatic carbocycles. The Morgan fingerprint density at radius 3 is 3.06 bits per heavy atom. The Labute approximate surface area is 108 Å². The molecule has 1 aromatic heterocycles. The van der Waals surface area contributed by atoms with Gasteiger partial charge in [-0.3, -0.25) is 0 Å². The largest absolute Gasteiger partial charge is 0.378 e.